The van der Waals surface area contributed by atoms with Gasteiger partial charge in [-0.1, -0.05) is 0 Å². The molecule has 1 amide bonds. The van der Waals surface area contributed by atoms with Gasteiger partial charge in [-0.2, -0.15) is 18.3 Å². The molecule has 2 heterocycles. The van der Waals surface area contributed by atoms with Gasteiger partial charge in [0, 0.05) is 38.9 Å². The summed E-state index contributed by atoms with van der Waals surface area (Å²) in [4.78, 5) is 15.7. The Balaban J connectivity index is 1.85. The summed E-state index contributed by atoms with van der Waals surface area (Å²) in [5, 5.41) is 12.7. The van der Waals surface area contributed by atoms with E-state index in [1.807, 2.05) is 4.90 Å². The Bertz CT molecular complexity index is 508. The van der Waals surface area contributed by atoms with E-state index in [2.05, 4.69) is 5.10 Å². The lowest BCUT2D eigenvalue weighted by molar-refractivity contribution is -0.142. The predicted octanol–water partition coefficient (Wildman–Crippen LogP) is 0.427. The fourth-order valence-corrected chi connectivity index (χ4v) is 2.39. The highest BCUT2D eigenvalue weighted by atomic mass is 19.4. The molecule has 22 heavy (non-hydrogen) atoms. The molecule has 6 nitrogen and oxygen atoms in total. The zero-order valence-electron chi connectivity index (χ0n) is 12.3. The van der Waals surface area contributed by atoms with Crippen LogP contribution in [0.3, 0.4) is 0 Å². The highest BCUT2D eigenvalue weighted by Crippen LogP contribution is 2.27. The number of aliphatic hydroxyl groups is 1. The molecule has 1 fully saturated rings. The lowest BCUT2D eigenvalue weighted by atomic mass is 10.2. The third kappa shape index (κ3) is 4.44. The Hall–Kier alpha value is -1.61. The van der Waals surface area contributed by atoms with Crippen LogP contribution >= 0.6 is 0 Å². The largest absolute Gasteiger partial charge is 0.435 e. The summed E-state index contributed by atoms with van der Waals surface area (Å²) in [6.07, 6.45) is -3.77. The van der Waals surface area contributed by atoms with Crippen molar-refractivity contribution in [3.63, 3.8) is 0 Å². The van der Waals surface area contributed by atoms with E-state index < -0.39 is 18.0 Å². The highest BCUT2D eigenvalue weighted by Gasteiger charge is 2.33. The summed E-state index contributed by atoms with van der Waals surface area (Å²) in [7, 11) is 0. The molecule has 1 aliphatic rings. The zero-order valence-corrected chi connectivity index (χ0v) is 12.3. The average Bonchev–Trinajstić information content (AvgIpc) is 2.87. The van der Waals surface area contributed by atoms with Crippen LogP contribution in [0, 0.1) is 0 Å². The second kappa shape index (κ2) is 6.66. The van der Waals surface area contributed by atoms with Gasteiger partial charge in [0.1, 0.15) is 6.54 Å². The number of halogens is 3. The van der Waals surface area contributed by atoms with E-state index in [4.69, 9.17) is 0 Å². The Morgan fingerprint density at radius 2 is 2.00 bits per heavy atom. The summed E-state index contributed by atoms with van der Waals surface area (Å²) in [5.74, 6) is -0.256. The van der Waals surface area contributed by atoms with E-state index in [-0.39, 0.29) is 12.5 Å². The van der Waals surface area contributed by atoms with E-state index in [1.54, 1.807) is 11.8 Å². The number of carbonyl (C=O) groups excluding carboxylic acids is 1. The summed E-state index contributed by atoms with van der Waals surface area (Å²) < 4.78 is 38.3. The highest BCUT2D eigenvalue weighted by molar-refractivity contribution is 5.76. The third-order valence-corrected chi connectivity index (χ3v) is 3.48. The molecule has 2 rings (SSSR count). The van der Waals surface area contributed by atoms with Crippen molar-refractivity contribution < 1.29 is 23.1 Å². The summed E-state index contributed by atoms with van der Waals surface area (Å²) in [5.41, 5.74) is -0.998. The maximum Gasteiger partial charge on any atom is 0.435 e. The minimum absolute atomic E-state index is 0.202. The van der Waals surface area contributed by atoms with Crippen LogP contribution < -0.4 is 0 Å². The molecule has 1 atom stereocenters. The second-order valence-electron chi connectivity index (χ2n) is 5.43. The van der Waals surface area contributed by atoms with E-state index in [0.29, 0.717) is 32.7 Å². The van der Waals surface area contributed by atoms with Crippen molar-refractivity contribution in [3.05, 3.63) is 18.0 Å². The van der Waals surface area contributed by atoms with Gasteiger partial charge < -0.3 is 10.0 Å². The summed E-state index contributed by atoms with van der Waals surface area (Å²) >= 11 is 0. The molecule has 0 unspecified atom stereocenters. The van der Waals surface area contributed by atoms with Gasteiger partial charge in [0.2, 0.25) is 5.91 Å². The number of amides is 1. The molecule has 1 aliphatic heterocycles. The van der Waals surface area contributed by atoms with E-state index in [9.17, 15) is 23.1 Å². The molecule has 0 radical (unpaired) electrons. The Labute approximate surface area is 126 Å². The molecule has 1 aromatic heterocycles. The number of aromatic nitrogens is 2. The Morgan fingerprint density at radius 3 is 2.50 bits per heavy atom. The molecule has 0 aromatic carbocycles. The van der Waals surface area contributed by atoms with Gasteiger partial charge in [-0.3, -0.25) is 14.4 Å². The van der Waals surface area contributed by atoms with Crippen molar-refractivity contribution in [3.8, 4) is 0 Å². The third-order valence-electron chi connectivity index (χ3n) is 3.48. The molecule has 0 saturated carbocycles. The van der Waals surface area contributed by atoms with Crippen LogP contribution in [-0.2, 0) is 17.5 Å². The smallest absolute Gasteiger partial charge is 0.392 e. The van der Waals surface area contributed by atoms with Gasteiger partial charge in [0.05, 0.1) is 6.10 Å². The Kier molecular flexibility index (Phi) is 5.07. The van der Waals surface area contributed by atoms with Crippen LogP contribution in [0.2, 0.25) is 0 Å². The first-order chi connectivity index (χ1) is 10.3. The van der Waals surface area contributed by atoms with Crippen molar-refractivity contribution in [2.45, 2.75) is 25.7 Å². The molecule has 1 aromatic rings. The zero-order chi connectivity index (χ0) is 16.3. The van der Waals surface area contributed by atoms with Crippen LogP contribution in [-0.4, -0.2) is 69.4 Å². The quantitative estimate of drug-likeness (QED) is 0.874. The van der Waals surface area contributed by atoms with Crippen LogP contribution in [0.4, 0.5) is 13.2 Å². The monoisotopic (exact) mass is 320 g/mol. The topological polar surface area (TPSA) is 61.6 Å². The van der Waals surface area contributed by atoms with Gasteiger partial charge in [-0.05, 0) is 13.0 Å². The number of carbonyl (C=O) groups is 1. The van der Waals surface area contributed by atoms with Gasteiger partial charge in [0.25, 0.3) is 0 Å². The average molecular weight is 320 g/mol. The molecule has 0 spiro atoms. The number of piperazine rings is 1. The molecule has 124 valence electrons. The van der Waals surface area contributed by atoms with Gasteiger partial charge in [0.15, 0.2) is 5.69 Å². The number of alkyl halides is 3. The first-order valence-corrected chi connectivity index (χ1v) is 7.04. The normalized spacial score (nSPS) is 18.5. The molecular weight excluding hydrogens is 301 g/mol. The summed E-state index contributed by atoms with van der Waals surface area (Å²) in [6.45, 7) is 4.33. The number of hydrogen-bond donors (Lipinski definition) is 1. The van der Waals surface area contributed by atoms with Crippen LogP contribution in [0.15, 0.2) is 12.3 Å². The maximum atomic E-state index is 12.4. The SMILES string of the molecule is C[C@@H](O)CN1CCN(C(=O)Cn2ccc(C(F)(F)F)n2)CC1. The molecule has 1 saturated heterocycles. The van der Waals surface area contributed by atoms with Crippen molar-refractivity contribution in [2.75, 3.05) is 32.7 Å². The number of aliphatic hydroxyl groups excluding tert-OH is 1. The standard InChI is InChI=1S/C13H19F3N4O2/c1-10(21)8-18-4-6-19(7-5-18)12(22)9-20-3-2-11(17-20)13(14,15)16/h2-3,10,21H,4-9H2,1H3/t10-/m1/s1. The minimum Gasteiger partial charge on any atom is -0.392 e. The van der Waals surface area contributed by atoms with Crippen LogP contribution in [0.1, 0.15) is 12.6 Å². The number of β-amino-alcohol motifs (C(OH)–C–C–N with tert-alkyl or cyclic N) is 1. The lowest BCUT2D eigenvalue weighted by Gasteiger charge is -2.35. The van der Waals surface area contributed by atoms with Crippen LogP contribution in [0.5, 0.6) is 0 Å². The van der Waals surface area contributed by atoms with Crippen molar-refractivity contribution >= 4 is 5.91 Å². The van der Waals surface area contributed by atoms with Crippen molar-refractivity contribution in [1.82, 2.24) is 19.6 Å². The molecule has 1 N–H and O–H groups in total. The van der Waals surface area contributed by atoms with E-state index in [0.717, 1.165) is 16.9 Å². The maximum absolute atomic E-state index is 12.4. The molecular formula is C13H19F3N4O2. The number of nitrogens with zero attached hydrogens (tertiary/aromatic N) is 4. The van der Waals surface area contributed by atoms with Gasteiger partial charge in [-0.15, -0.1) is 0 Å². The fourth-order valence-electron chi connectivity index (χ4n) is 2.39. The number of rotatable bonds is 4. The summed E-state index contributed by atoms with van der Waals surface area (Å²) in [6, 6.07) is 0.855. The minimum atomic E-state index is -4.50. The van der Waals surface area contributed by atoms with E-state index in [1.165, 1.54) is 0 Å². The van der Waals surface area contributed by atoms with Gasteiger partial charge >= 0.3 is 6.18 Å². The first kappa shape index (κ1) is 16.8. The molecule has 0 aliphatic carbocycles. The van der Waals surface area contributed by atoms with E-state index >= 15 is 0 Å². The van der Waals surface area contributed by atoms with Crippen molar-refractivity contribution in [2.24, 2.45) is 0 Å². The number of hydrogen-bond acceptors (Lipinski definition) is 4. The first-order valence-electron chi connectivity index (χ1n) is 7.04. The molecule has 9 heteroatoms. The van der Waals surface area contributed by atoms with Gasteiger partial charge in [-0.25, -0.2) is 0 Å². The van der Waals surface area contributed by atoms with Crippen LogP contribution in [0.25, 0.3) is 0 Å². The second-order valence-corrected chi connectivity index (χ2v) is 5.43. The van der Waals surface area contributed by atoms with Crippen molar-refractivity contribution in [1.29, 1.82) is 0 Å². The molecule has 0 bridgehead atoms. The fraction of sp³-hybridized carbons (Fsp3) is 0.692. The predicted molar refractivity (Wildman–Crippen MR) is 71.9 cm³/mol. The lowest BCUT2D eigenvalue weighted by Crippen LogP contribution is -2.50. The Morgan fingerprint density at radius 1 is 1.36 bits per heavy atom.